The highest BCUT2D eigenvalue weighted by Gasteiger charge is 2.30. The SMILES string of the molecule is CCO[C@H](CC/C=C/C(=O)Nc1ccccc1N)[C@H](OC(=O)Nc1cccc2ccccc12)c1ccccc1OCCO. The fourth-order valence-electron chi connectivity index (χ4n) is 4.70. The third kappa shape index (κ3) is 8.81. The maximum Gasteiger partial charge on any atom is 0.412 e. The molecule has 2 amide bonds. The van der Waals surface area contributed by atoms with Crippen LogP contribution < -0.4 is 21.1 Å². The minimum absolute atomic E-state index is 0.0784. The number of nitrogens with two attached hydrogens (primary N) is 1. The smallest absolute Gasteiger partial charge is 0.412 e. The average Bonchev–Trinajstić information content (AvgIpc) is 3.02. The molecule has 4 aromatic rings. The van der Waals surface area contributed by atoms with E-state index in [0.29, 0.717) is 47.8 Å². The summed E-state index contributed by atoms with van der Waals surface area (Å²) in [7, 11) is 0. The molecule has 224 valence electrons. The van der Waals surface area contributed by atoms with Gasteiger partial charge in [0.05, 0.1) is 29.8 Å². The highest BCUT2D eigenvalue weighted by Crippen LogP contribution is 2.34. The molecule has 5 N–H and O–H groups in total. The van der Waals surface area contributed by atoms with Crippen molar-refractivity contribution in [2.24, 2.45) is 0 Å². The lowest BCUT2D eigenvalue weighted by Gasteiger charge is -2.28. The van der Waals surface area contributed by atoms with Crippen LogP contribution in [0, 0.1) is 0 Å². The number of carbonyl (C=O) groups excluding carboxylic acids is 2. The van der Waals surface area contributed by atoms with Crippen LogP contribution in [0.3, 0.4) is 0 Å². The second kappa shape index (κ2) is 16.0. The molecule has 2 atom stereocenters. The van der Waals surface area contributed by atoms with Gasteiger partial charge >= 0.3 is 6.09 Å². The summed E-state index contributed by atoms with van der Waals surface area (Å²) in [6, 6.07) is 27.6. The molecular weight excluding hydrogens is 546 g/mol. The van der Waals surface area contributed by atoms with Crippen molar-refractivity contribution in [3.8, 4) is 5.75 Å². The third-order valence-corrected chi connectivity index (χ3v) is 6.66. The number of hydrogen-bond acceptors (Lipinski definition) is 7. The van der Waals surface area contributed by atoms with Crippen molar-refractivity contribution in [1.82, 2.24) is 0 Å². The van der Waals surface area contributed by atoms with Crippen molar-refractivity contribution in [1.29, 1.82) is 0 Å². The molecule has 0 radical (unpaired) electrons. The Kier molecular flexibility index (Phi) is 11.5. The molecule has 4 rings (SSSR count). The van der Waals surface area contributed by atoms with Crippen LogP contribution in [-0.2, 0) is 14.3 Å². The molecule has 0 spiro atoms. The van der Waals surface area contributed by atoms with E-state index in [-0.39, 0.29) is 19.1 Å². The van der Waals surface area contributed by atoms with Gasteiger partial charge in [-0.2, -0.15) is 0 Å². The molecule has 9 nitrogen and oxygen atoms in total. The van der Waals surface area contributed by atoms with Crippen LogP contribution in [0.5, 0.6) is 5.75 Å². The number of nitrogen functional groups attached to an aromatic ring is 1. The first kappa shape index (κ1) is 31.1. The predicted molar refractivity (Wildman–Crippen MR) is 169 cm³/mol. The van der Waals surface area contributed by atoms with E-state index in [1.807, 2.05) is 61.5 Å². The molecule has 0 saturated carbocycles. The second-order valence-electron chi connectivity index (χ2n) is 9.64. The number of amides is 2. The molecule has 0 unspecified atom stereocenters. The van der Waals surface area contributed by atoms with E-state index in [9.17, 15) is 14.7 Å². The molecule has 0 aliphatic heterocycles. The molecule has 0 aliphatic carbocycles. The first-order chi connectivity index (χ1) is 21.0. The largest absolute Gasteiger partial charge is 0.491 e. The zero-order valence-corrected chi connectivity index (χ0v) is 24.1. The first-order valence-corrected chi connectivity index (χ1v) is 14.2. The first-order valence-electron chi connectivity index (χ1n) is 14.2. The van der Waals surface area contributed by atoms with E-state index in [2.05, 4.69) is 10.6 Å². The number of aliphatic hydroxyl groups excluding tert-OH is 1. The third-order valence-electron chi connectivity index (χ3n) is 6.66. The molecule has 0 fully saturated rings. The number of carbonyl (C=O) groups is 2. The molecule has 9 heteroatoms. The molecule has 43 heavy (non-hydrogen) atoms. The standard InChI is InChI=1S/C34H37N3O6/c1-2-41-31(20-9-10-21-32(39)36-29-17-7-6-16-27(29)35)33(26-15-5-8-19-30(26)42-23-22-38)43-34(40)37-28-18-11-13-24-12-3-4-14-25(24)28/h3-8,10-19,21,31,33,38H,2,9,20,22-23,35H2,1H3,(H,36,39)(H,37,40)/b21-10+/t31-,33-/m1/s1. The quantitative estimate of drug-likeness (QED) is 0.0989. The lowest BCUT2D eigenvalue weighted by molar-refractivity contribution is -0.111. The number of benzene rings is 4. The normalized spacial score (nSPS) is 12.5. The number of allylic oxidation sites excluding steroid dienone is 1. The summed E-state index contributed by atoms with van der Waals surface area (Å²) in [5.41, 5.74) is 8.15. The number of nitrogens with one attached hydrogen (secondary N) is 2. The fourth-order valence-corrected chi connectivity index (χ4v) is 4.70. The van der Waals surface area contributed by atoms with Crippen LogP contribution in [0.4, 0.5) is 21.9 Å². The predicted octanol–water partition coefficient (Wildman–Crippen LogP) is 6.46. The Balaban J connectivity index is 1.53. The number of para-hydroxylation sites is 3. The fraction of sp³-hybridized carbons (Fsp3) is 0.235. The Morgan fingerprint density at radius 3 is 2.44 bits per heavy atom. The second-order valence-corrected chi connectivity index (χ2v) is 9.64. The van der Waals surface area contributed by atoms with E-state index in [1.54, 1.807) is 42.5 Å². The summed E-state index contributed by atoms with van der Waals surface area (Å²) >= 11 is 0. The number of anilines is 3. The molecule has 0 saturated heterocycles. The number of fused-ring (bicyclic) bond motifs is 1. The van der Waals surface area contributed by atoms with Gasteiger partial charge in [0.1, 0.15) is 12.4 Å². The van der Waals surface area contributed by atoms with Gasteiger partial charge in [-0.25, -0.2) is 4.79 Å². The molecule has 0 aromatic heterocycles. The van der Waals surface area contributed by atoms with Gasteiger partial charge in [0.15, 0.2) is 6.10 Å². The van der Waals surface area contributed by atoms with E-state index >= 15 is 0 Å². The van der Waals surface area contributed by atoms with Gasteiger partial charge < -0.3 is 30.4 Å². The van der Waals surface area contributed by atoms with Gasteiger partial charge in [-0.15, -0.1) is 0 Å². The molecule has 0 heterocycles. The van der Waals surface area contributed by atoms with Gasteiger partial charge in [0.25, 0.3) is 0 Å². The van der Waals surface area contributed by atoms with E-state index in [0.717, 1.165) is 10.8 Å². The minimum Gasteiger partial charge on any atom is -0.491 e. The summed E-state index contributed by atoms with van der Waals surface area (Å²) in [5.74, 6) is 0.162. The van der Waals surface area contributed by atoms with Crippen molar-refractivity contribution in [2.45, 2.75) is 32.0 Å². The lowest BCUT2D eigenvalue weighted by Crippen LogP contribution is -2.29. The summed E-state index contributed by atoms with van der Waals surface area (Å²) in [6.45, 7) is 2.14. The average molecular weight is 584 g/mol. The van der Waals surface area contributed by atoms with Crippen molar-refractivity contribution in [3.05, 3.63) is 109 Å². The van der Waals surface area contributed by atoms with Crippen molar-refractivity contribution >= 4 is 39.8 Å². The van der Waals surface area contributed by atoms with Crippen molar-refractivity contribution < 1.29 is 28.9 Å². The summed E-state index contributed by atoms with van der Waals surface area (Å²) in [5, 5.41) is 16.9. The highest BCUT2D eigenvalue weighted by atomic mass is 16.6. The number of ether oxygens (including phenoxy) is 3. The zero-order chi connectivity index (χ0) is 30.4. The zero-order valence-electron chi connectivity index (χ0n) is 24.1. The van der Waals surface area contributed by atoms with Gasteiger partial charge in [-0.05, 0) is 55.5 Å². The van der Waals surface area contributed by atoms with Crippen LogP contribution in [-0.4, -0.2) is 43.0 Å². The van der Waals surface area contributed by atoms with Crippen LogP contribution >= 0.6 is 0 Å². The van der Waals surface area contributed by atoms with E-state index in [4.69, 9.17) is 19.9 Å². The Hall–Kier alpha value is -4.86. The van der Waals surface area contributed by atoms with Crippen molar-refractivity contribution in [2.75, 3.05) is 36.2 Å². The lowest BCUT2D eigenvalue weighted by atomic mass is 9.99. The molecule has 0 bridgehead atoms. The highest BCUT2D eigenvalue weighted by molar-refractivity contribution is 6.01. The topological polar surface area (TPSA) is 132 Å². The van der Waals surface area contributed by atoms with Crippen LogP contribution in [0.25, 0.3) is 10.8 Å². The van der Waals surface area contributed by atoms with Gasteiger partial charge in [-0.1, -0.05) is 72.8 Å². The molecular formula is C34H37N3O6. The summed E-state index contributed by atoms with van der Waals surface area (Å²) in [4.78, 5) is 25.8. The number of aliphatic hydroxyl groups is 1. The van der Waals surface area contributed by atoms with Gasteiger partial charge in [-0.3, -0.25) is 10.1 Å². The van der Waals surface area contributed by atoms with Crippen LogP contribution in [0.15, 0.2) is 103 Å². The summed E-state index contributed by atoms with van der Waals surface area (Å²) in [6.07, 6.45) is 2.01. The molecule has 4 aromatic carbocycles. The van der Waals surface area contributed by atoms with E-state index < -0.39 is 18.3 Å². The Bertz CT molecular complexity index is 1530. The van der Waals surface area contributed by atoms with Gasteiger partial charge in [0, 0.05) is 17.6 Å². The maximum atomic E-state index is 13.3. The van der Waals surface area contributed by atoms with Crippen LogP contribution in [0.1, 0.15) is 31.4 Å². The van der Waals surface area contributed by atoms with Crippen molar-refractivity contribution in [3.63, 3.8) is 0 Å². The Morgan fingerprint density at radius 2 is 1.63 bits per heavy atom. The number of rotatable bonds is 14. The Morgan fingerprint density at radius 1 is 0.907 bits per heavy atom. The monoisotopic (exact) mass is 583 g/mol. The maximum absolute atomic E-state index is 13.3. The Labute approximate surface area is 251 Å². The summed E-state index contributed by atoms with van der Waals surface area (Å²) < 4.78 is 17.9. The van der Waals surface area contributed by atoms with E-state index in [1.165, 1.54) is 6.08 Å². The van der Waals surface area contributed by atoms with Crippen LogP contribution in [0.2, 0.25) is 0 Å². The number of hydrogen-bond donors (Lipinski definition) is 4. The van der Waals surface area contributed by atoms with Gasteiger partial charge in [0.2, 0.25) is 5.91 Å². The molecule has 0 aliphatic rings. The minimum atomic E-state index is -0.851.